The molecular formula is C18H22N6O. The van der Waals surface area contributed by atoms with Gasteiger partial charge in [-0.05, 0) is 44.4 Å². The first-order valence-electron chi connectivity index (χ1n) is 9.20. The van der Waals surface area contributed by atoms with Crippen LogP contribution in [0.3, 0.4) is 0 Å². The van der Waals surface area contributed by atoms with E-state index in [4.69, 9.17) is 4.98 Å². The Morgan fingerprint density at radius 3 is 2.68 bits per heavy atom. The fraction of sp³-hybridized carbons (Fsp3) is 0.611. The van der Waals surface area contributed by atoms with Gasteiger partial charge in [-0.25, -0.2) is 9.97 Å². The standard InChI is InChI=1S/C18H22N6O/c1-10-15(20-7-6-19-10)18(25)24-8-13(11-2-3-11)14(9-24)17-21-16(22-23-17)12-4-5-12/h6-7,11-14H,2-5,8-9H2,1H3,(H,21,22,23)/t13-,14+/m1/s1. The van der Waals surface area contributed by atoms with Gasteiger partial charge in [0.1, 0.15) is 11.5 Å². The fourth-order valence-corrected chi connectivity index (χ4v) is 4.03. The predicted molar refractivity (Wildman–Crippen MR) is 90.0 cm³/mol. The molecule has 1 aliphatic heterocycles. The summed E-state index contributed by atoms with van der Waals surface area (Å²) in [4.78, 5) is 28.1. The number of H-pyrrole nitrogens is 1. The van der Waals surface area contributed by atoms with Gasteiger partial charge in [-0.2, -0.15) is 5.10 Å². The van der Waals surface area contributed by atoms with Crippen molar-refractivity contribution in [2.75, 3.05) is 13.1 Å². The van der Waals surface area contributed by atoms with Crippen LogP contribution in [0, 0.1) is 18.8 Å². The SMILES string of the molecule is Cc1nccnc1C(=O)N1C[C@H](c2nc(C3CC3)n[nH]2)[C@@H](C2CC2)C1. The molecule has 5 rings (SSSR count). The number of hydrogen-bond donors (Lipinski definition) is 1. The first kappa shape index (κ1) is 15.0. The van der Waals surface area contributed by atoms with Crippen LogP contribution in [-0.4, -0.2) is 49.0 Å². The van der Waals surface area contributed by atoms with Crippen LogP contribution in [0.2, 0.25) is 0 Å². The molecular weight excluding hydrogens is 316 g/mol. The van der Waals surface area contributed by atoms with E-state index in [0.29, 0.717) is 35.7 Å². The van der Waals surface area contributed by atoms with E-state index in [2.05, 4.69) is 20.2 Å². The maximum atomic E-state index is 12.9. The van der Waals surface area contributed by atoms with E-state index in [9.17, 15) is 4.79 Å². The van der Waals surface area contributed by atoms with Crippen LogP contribution in [0.15, 0.2) is 12.4 Å². The van der Waals surface area contributed by atoms with Gasteiger partial charge in [0, 0.05) is 37.3 Å². The highest BCUT2D eigenvalue weighted by atomic mass is 16.2. The zero-order chi connectivity index (χ0) is 17.0. The van der Waals surface area contributed by atoms with Gasteiger partial charge in [0.15, 0.2) is 5.82 Å². The van der Waals surface area contributed by atoms with E-state index in [1.165, 1.54) is 25.7 Å². The summed E-state index contributed by atoms with van der Waals surface area (Å²) in [5.74, 6) is 3.89. The molecule has 25 heavy (non-hydrogen) atoms. The van der Waals surface area contributed by atoms with Gasteiger partial charge in [-0.15, -0.1) is 0 Å². The Kier molecular flexibility index (Phi) is 3.36. The maximum Gasteiger partial charge on any atom is 0.274 e. The van der Waals surface area contributed by atoms with E-state index < -0.39 is 0 Å². The zero-order valence-corrected chi connectivity index (χ0v) is 14.4. The lowest BCUT2D eigenvalue weighted by Gasteiger charge is -2.16. The number of aromatic amines is 1. The second-order valence-corrected chi connectivity index (χ2v) is 7.66. The summed E-state index contributed by atoms with van der Waals surface area (Å²) in [6, 6.07) is 0. The van der Waals surface area contributed by atoms with E-state index in [0.717, 1.165) is 18.2 Å². The molecule has 0 radical (unpaired) electrons. The quantitative estimate of drug-likeness (QED) is 0.922. The van der Waals surface area contributed by atoms with Crippen LogP contribution < -0.4 is 0 Å². The first-order valence-corrected chi connectivity index (χ1v) is 9.20. The van der Waals surface area contributed by atoms with Gasteiger partial charge < -0.3 is 4.90 Å². The number of hydrogen-bond acceptors (Lipinski definition) is 5. The largest absolute Gasteiger partial charge is 0.336 e. The molecule has 130 valence electrons. The van der Waals surface area contributed by atoms with Gasteiger partial charge in [0.05, 0.1) is 5.69 Å². The molecule has 3 fully saturated rings. The van der Waals surface area contributed by atoms with Crippen molar-refractivity contribution in [1.29, 1.82) is 0 Å². The number of carbonyl (C=O) groups excluding carboxylic acids is 1. The predicted octanol–water partition coefficient (Wildman–Crippen LogP) is 2.05. The zero-order valence-electron chi connectivity index (χ0n) is 14.4. The van der Waals surface area contributed by atoms with E-state index in [1.54, 1.807) is 12.4 Å². The van der Waals surface area contributed by atoms with Crippen molar-refractivity contribution in [1.82, 2.24) is 30.0 Å². The Labute approximate surface area is 146 Å². The summed E-state index contributed by atoms with van der Waals surface area (Å²) in [6.45, 7) is 3.31. The molecule has 0 bridgehead atoms. The molecule has 1 N–H and O–H groups in total. The third kappa shape index (κ3) is 2.71. The molecule has 2 atom stereocenters. The summed E-state index contributed by atoms with van der Waals surface area (Å²) in [5.41, 5.74) is 1.16. The second-order valence-electron chi connectivity index (χ2n) is 7.66. The van der Waals surface area contributed by atoms with Crippen LogP contribution in [0.25, 0.3) is 0 Å². The molecule has 0 aromatic carbocycles. The Balaban J connectivity index is 1.40. The second kappa shape index (κ2) is 5.61. The van der Waals surface area contributed by atoms with Crippen molar-refractivity contribution in [3.05, 3.63) is 35.4 Å². The van der Waals surface area contributed by atoms with Gasteiger partial charge in [-0.1, -0.05) is 0 Å². The van der Waals surface area contributed by atoms with Crippen molar-refractivity contribution in [3.63, 3.8) is 0 Å². The molecule has 2 saturated carbocycles. The summed E-state index contributed by atoms with van der Waals surface area (Å²) < 4.78 is 0. The topological polar surface area (TPSA) is 87.7 Å². The van der Waals surface area contributed by atoms with Crippen molar-refractivity contribution >= 4 is 5.91 Å². The van der Waals surface area contributed by atoms with Gasteiger partial charge in [0.25, 0.3) is 5.91 Å². The highest BCUT2D eigenvalue weighted by Gasteiger charge is 2.46. The van der Waals surface area contributed by atoms with Crippen LogP contribution in [-0.2, 0) is 0 Å². The molecule has 7 heteroatoms. The number of likely N-dealkylation sites (tertiary alicyclic amines) is 1. The molecule has 7 nitrogen and oxygen atoms in total. The van der Waals surface area contributed by atoms with E-state index in [1.807, 2.05) is 11.8 Å². The number of aryl methyl sites for hydroxylation is 1. The normalized spacial score (nSPS) is 26.2. The van der Waals surface area contributed by atoms with E-state index >= 15 is 0 Å². The summed E-state index contributed by atoms with van der Waals surface area (Å²) in [6.07, 6.45) is 8.13. The monoisotopic (exact) mass is 338 g/mol. The Morgan fingerprint density at radius 2 is 1.96 bits per heavy atom. The summed E-state index contributed by atoms with van der Waals surface area (Å²) in [7, 11) is 0. The minimum absolute atomic E-state index is 0.0133. The number of aromatic nitrogens is 5. The van der Waals surface area contributed by atoms with Gasteiger partial charge in [-0.3, -0.25) is 14.9 Å². The molecule has 2 aromatic heterocycles. The number of carbonyl (C=O) groups is 1. The lowest BCUT2D eigenvalue weighted by molar-refractivity contribution is 0.0777. The number of nitrogens with one attached hydrogen (secondary N) is 1. The molecule has 2 aromatic rings. The first-order chi connectivity index (χ1) is 12.2. The average Bonchev–Trinajstić information content (AvgIpc) is 3.55. The minimum atomic E-state index is -0.0133. The molecule has 1 amide bonds. The van der Waals surface area contributed by atoms with E-state index in [-0.39, 0.29) is 11.8 Å². The number of rotatable bonds is 4. The number of nitrogens with zero attached hydrogens (tertiary/aromatic N) is 5. The fourth-order valence-electron chi connectivity index (χ4n) is 4.03. The molecule has 0 unspecified atom stereocenters. The summed E-state index contributed by atoms with van der Waals surface area (Å²) >= 11 is 0. The molecule has 2 aliphatic carbocycles. The smallest absolute Gasteiger partial charge is 0.274 e. The van der Waals surface area contributed by atoms with Crippen LogP contribution in [0.1, 0.15) is 65.4 Å². The highest BCUT2D eigenvalue weighted by molar-refractivity contribution is 5.93. The van der Waals surface area contributed by atoms with Crippen molar-refractivity contribution in [3.8, 4) is 0 Å². The third-order valence-electron chi connectivity index (χ3n) is 5.78. The van der Waals surface area contributed by atoms with Crippen LogP contribution in [0.5, 0.6) is 0 Å². The Morgan fingerprint density at radius 1 is 1.16 bits per heavy atom. The average molecular weight is 338 g/mol. The molecule has 0 spiro atoms. The number of amides is 1. The Hall–Kier alpha value is -2.31. The molecule has 1 saturated heterocycles. The van der Waals surface area contributed by atoms with Crippen molar-refractivity contribution < 1.29 is 4.79 Å². The minimum Gasteiger partial charge on any atom is -0.336 e. The molecule has 3 heterocycles. The van der Waals surface area contributed by atoms with Crippen LogP contribution >= 0.6 is 0 Å². The molecule has 3 aliphatic rings. The van der Waals surface area contributed by atoms with Gasteiger partial charge >= 0.3 is 0 Å². The maximum absolute atomic E-state index is 12.9. The van der Waals surface area contributed by atoms with Crippen molar-refractivity contribution in [2.45, 2.75) is 44.4 Å². The van der Waals surface area contributed by atoms with Gasteiger partial charge in [0.2, 0.25) is 0 Å². The van der Waals surface area contributed by atoms with Crippen molar-refractivity contribution in [2.24, 2.45) is 11.8 Å². The lowest BCUT2D eigenvalue weighted by atomic mass is 9.91. The Bertz CT molecular complexity index is 809. The lowest BCUT2D eigenvalue weighted by Crippen LogP contribution is -2.30. The summed E-state index contributed by atoms with van der Waals surface area (Å²) in [5, 5.41) is 7.58. The highest BCUT2D eigenvalue weighted by Crippen LogP contribution is 2.47. The van der Waals surface area contributed by atoms with Crippen LogP contribution in [0.4, 0.5) is 0 Å². The third-order valence-corrected chi connectivity index (χ3v) is 5.78.